The molecule has 1 aromatic carbocycles. The summed E-state index contributed by atoms with van der Waals surface area (Å²) in [7, 11) is 1.45. The third-order valence-corrected chi connectivity index (χ3v) is 7.04. The van der Waals surface area contributed by atoms with Crippen molar-refractivity contribution in [2.24, 2.45) is 5.92 Å². The standard InChI is InChI=1S/C19H23FN2O2S/c1-19(2)17(11-6-8-22(19)9-7-11)21-18(23)14-10-12-4-5-13(20)15(24-3)16(12)25-14/h4-5,10-11,17H,6-9H2,1-3H3,(H,21,23). The Morgan fingerprint density at radius 1 is 1.36 bits per heavy atom. The number of methoxy groups -OCH3 is 1. The van der Waals surface area contributed by atoms with Crippen LogP contribution in [0.3, 0.4) is 0 Å². The molecule has 2 aromatic rings. The zero-order chi connectivity index (χ0) is 17.8. The van der Waals surface area contributed by atoms with Crippen molar-refractivity contribution >= 4 is 27.3 Å². The summed E-state index contributed by atoms with van der Waals surface area (Å²) in [6.45, 7) is 6.66. The Kier molecular flexibility index (Phi) is 4.00. The van der Waals surface area contributed by atoms with E-state index in [4.69, 9.17) is 4.74 Å². The highest BCUT2D eigenvalue weighted by Gasteiger charge is 2.48. The van der Waals surface area contributed by atoms with Crippen LogP contribution in [0.15, 0.2) is 18.2 Å². The lowest BCUT2D eigenvalue weighted by atomic mass is 9.72. The zero-order valence-electron chi connectivity index (χ0n) is 14.8. The van der Waals surface area contributed by atoms with Crippen LogP contribution in [0.4, 0.5) is 4.39 Å². The number of thiophene rings is 1. The first-order chi connectivity index (χ1) is 11.9. The van der Waals surface area contributed by atoms with Gasteiger partial charge in [-0.1, -0.05) is 6.07 Å². The molecule has 134 valence electrons. The molecule has 1 amide bonds. The monoisotopic (exact) mass is 362 g/mol. The molecule has 1 N–H and O–H groups in total. The average Bonchev–Trinajstić information content (AvgIpc) is 3.02. The molecule has 0 spiro atoms. The molecule has 4 nitrogen and oxygen atoms in total. The van der Waals surface area contributed by atoms with E-state index in [1.54, 1.807) is 6.07 Å². The predicted octanol–water partition coefficient (Wildman–Crippen LogP) is 3.65. The molecule has 1 aromatic heterocycles. The van der Waals surface area contributed by atoms with Gasteiger partial charge >= 0.3 is 0 Å². The van der Waals surface area contributed by atoms with Crippen LogP contribution in [0.2, 0.25) is 0 Å². The minimum atomic E-state index is -0.401. The third-order valence-electron chi connectivity index (χ3n) is 5.89. The lowest BCUT2D eigenvalue weighted by Crippen LogP contribution is -2.69. The fraction of sp³-hybridized carbons (Fsp3) is 0.526. The quantitative estimate of drug-likeness (QED) is 0.906. The number of ether oxygens (including phenoxy) is 1. The maximum Gasteiger partial charge on any atom is 0.261 e. The number of hydrogen-bond donors (Lipinski definition) is 1. The molecule has 0 aliphatic carbocycles. The normalized spacial score (nSPS) is 27.4. The minimum Gasteiger partial charge on any atom is -0.492 e. The summed E-state index contributed by atoms with van der Waals surface area (Å²) in [6, 6.07) is 5.04. The van der Waals surface area contributed by atoms with E-state index in [2.05, 4.69) is 24.1 Å². The Hall–Kier alpha value is -1.66. The number of benzene rings is 1. The molecule has 3 fully saturated rings. The van der Waals surface area contributed by atoms with Crippen LogP contribution in [0.25, 0.3) is 10.1 Å². The van der Waals surface area contributed by atoms with Crippen LogP contribution >= 0.6 is 11.3 Å². The van der Waals surface area contributed by atoms with Crippen LogP contribution in [0, 0.1) is 11.7 Å². The van der Waals surface area contributed by atoms with Gasteiger partial charge in [0, 0.05) is 11.6 Å². The van der Waals surface area contributed by atoms with Crippen LogP contribution in [-0.4, -0.2) is 42.6 Å². The molecule has 3 saturated heterocycles. The molecular weight excluding hydrogens is 339 g/mol. The summed E-state index contributed by atoms with van der Waals surface area (Å²) in [6.07, 6.45) is 2.28. The molecule has 1 unspecified atom stereocenters. The molecular formula is C19H23FN2O2S. The molecule has 3 aliphatic rings. The third kappa shape index (κ3) is 2.62. The van der Waals surface area contributed by atoms with E-state index in [0.717, 1.165) is 31.3 Å². The van der Waals surface area contributed by atoms with Gasteiger partial charge in [-0.15, -0.1) is 11.3 Å². The SMILES string of the molecule is COc1c(F)ccc2cc(C(=O)NC3C4CCN(CC4)C3(C)C)sc12. The molecule has 4 heterocycles. The lowest BCUT2D eigenvalue weighted by molar-refractivity contribution is -0.0377. The topological polar surface area (TPSA) is 41.6 Å². The smallest absolute Gasteiger partial charge is 0.261 e. The van der Waals surface area contributed by atoms with Gasteiger partial charge in [0.05, 0.1) is 16.7 Å². The fourth-order valence-corrected chi connectivity index (χ4v) is 5.52. The molecule has 2 bridgehead atoms. The molecule has 6 heteroatoms. The number of nitrogens with one attached hydrogen (secondary N) is 1. The number of carbonyl (C=O) groups excluding carboxylic acids is 1. The summed E-state index contributed by atoms with van der Waals surface area (Å²) < 4.78 is 19.7. The van der Waals surface area contributed by atoms with Gasteiger partial charge in [0.2, 0.25) is 0 Å². The minimum absolute atomic E-state index is 0.0304. The predicted molar refractivity (Wildman–Crippen MR) is 98.0 cm³/mol. The first-order valence-electron chi connectivity index (χ1n) is 8.74. The summed E-state index contributed by atoms with van der Waals surface area (Å²) in [4.78, 5) is 16.0. The Bertz CT molecular complexity index is 824. The van der Waals surface area contributed by atoms with Gasteiger partial charge in [0.1, 0.15) is 0 Å². The van der Waals surface area contributed by atoms with Crippen molar-refractivity contribution in [3.05, 3.63) is 28.9 Å². The summed E-state index contributed by atoms with van der Waals surface area (Å²) in [5, 5.41) is 4.10. The van der Waals surface area contributed by atoms with Gasteiger partial charge in [-0.2, -0.15) is 0 Å². The highest BCUT2D eigenvalue weighted by molar-refractivity contribution is 7.21. The number of hydrogen-bond acceptors (Lipinski definition) is 4. The first kappa shape index (κ1) is 16.8. The van der Waals surface area contributed by atoms with E-state index in [9.17, 15) is 9.18 Å². The van der Waals surface area contributed by atoms with Crippen molar-refractivity contribution in [2.45, 2.75) is 38.3 Å². The van der Waals surface area contributed by atoms with E-state index in [1.165, 1.54) is 24.5 Å². The Morgan fingerprint density at radius 3 is 2.72 bits per heavy atom. The Balaban J connectivity index is 1.62. The molecule has 0 saturated carbocycles. The van der Waals surface area contributed by atoms with Crippen LogP contribution in [0.1, 0.15) is 36.4 Å². The van der Waals surface area contributed by atoms with Crippen LogP contribution < -0.4 is 10.1 Å². The number of piperidine rings is 3. The van der Waals surface area contributed by atoms with Gasteiger partial charge in [-0.25, -0.2) is 4.39 Å². The molecule has 25 heavy (non-hydrogen) atoms. The Labute approximate surface area is 151 Å². The van der Waals surface area contributed by atoms with Crippen molar-refractivity contribution in [1.29, 1.82) is 0 Å². The molecule has 5 rings (SSSR count). The van der Waals surface area contributed by atoms with E-state index >= 15 is 0 Å². The van der Waals surface area contributed by atoms with Gasteiger partial charge in [-0.05, 0) is 63.2 Å². The zero-order valence-corrected chi connectivity index (χ0v) is 15.6. The van der Waals surface area contributed by atoms with Gasteiger partial charge < -0.3 is 10.1 Å². The summed E-state index contributed by atoms with van der Waals surface area (Å²) >= 11 is 1.29. The van der Waals surface area contributed by atoms with E-state index in [-0.39, 0.29) is 23.2 Å². The Morgan fingerprint density at radius 2 is 2.08 bits per heavy atom. The number of halogens is 1. The average molecular weight is 362 g/mol. The van der Waals surface area contributed by atoms with Crippen molar-refractivity contribution in [3.8, 4) is 5.75 Å². The second-order valence-corrected chi connectivity index (χ2v) is 8.59. The van der Waals surface area contributed by atoms with Gasteiger partial charge in [-0.3, -0.25) is 9.69 Å². The van der Waals surface area contributed by atoms with Crippen LogP contribution in [-0.2, 0) is 0 Å². The molecule has 0 radical (unpaired) electrons. The molecule has 3 aliphatic heterocycles. The van der Waals surface area contributed by atoms with Crippen molar-refractivity contribution in [3.63, 3.8) is 0 Å². The van der Waals surface area contributed by atoms with E-state index < -0.39 is 5.82 Å². The number of carbonyl (C=O) groups is 1. The number of rotatable bonds is 3. The van der Waals surface area contributed by atoms with Crippen molar-refractivity contribution in [2.75, 3.05) is 20.2 Å². The maximum atomic E-state index is 13.9. The van der Waals surface area contributed by atoms with Crippen LogP contribution in [0.5, 0.6) is 5.75 Å². The highest BCUT2D eigenvalue weighted by Crippen LogP contribution is 2.40. The maximum absolute atomic E-state index is 13.9. The first-order valence-corrected chi connectivity index (χ1v) is 9.55. The lowest BCUT2D eigenvalue weighted by Gasteiger charge is -2.56. The van der Waals surface area contributed by atoms with E-state index in [0.29, 0.717) is 15.5 Å². The largest absolute Gasteiger partial charge is 0.492 e. The van der Waals surface area contributed by atoms with Crippen molar-refractivity contribution in [1.82, 2.24) is 10.2 Å². The number of nitrogens with zero attached hydrogens (tertiary/aromatic N) is 1. The van der Waals surface area contributed by atoms with Crippen molar-refractivity contribution < 1.29 is 13.9 Å². The molecule has 1 atom stereocenters. The second kappa shape index (κ2) is 5.95. The summed E-state index contributed by atoms with van der Waals surface area (Å²) in [5.74, 6) is 0.271. The number of amides is 1. The highest BCUT2D eigenvalue weighted by atomic mass is 32.1. The second-order valence-electron chi connectivity index (χ2n) is 7.54. The van der Waals surface area contributed by atoms with Gasteiger partial charge in [0.15, 0.2) is 11.6 Å². The number of fused-ring (bicyclic) bond motifs is 4. The summed E-state index contributed by atoms with van der Waals surface area (Å²) in [5.41, 5.74) is -0.0304. The van der Waals surface area contributed by atoms with Gasteiger partial charge in [0.25, 0.3) is 5.91 Å². The fourth-order valence-electron chi connectivity index (χ4n) is 4.44. The van der Waals surface area contributed by atoms with E-state index in [1.807, 2.05) is 6.07 Å².